The monoisotopic (exact) mass is 357 g/mol. The summed E-state index contributed by atoms with van der Waals surface area (Å²) in [5, 5.41) is 19.9. The molecule has 1 aromatic rings. The molecule has 3 atom stereocenters. The molecule has 0 aliphatic heterocycles. The third kappa shape index (κ3) is 4.68. The fraction of sp³-hybridized carbons (Fsp3) is 0.467. The second-order valence-electron chi connectivity index (χ2n) is 5.92. The summed E-state index contributed by atoms with van der Waals surface area (Å²) in [6, 6.07) is 4.79. The van der Waals surface area contributed by atoms with E-state index in [1.165, 1.54) is 12.1 Å². The number of aliphatic carboxylic acids is 1. The van der Waals surface area contributed by atoms with Gasteiger partial charge in [0.05, 0.1) is 5.25 Å². The van der Waals surface area contributed by atoms with E-state index in [0.29, 0.717) is 5.56 Å². The van der Waals surface area contributed by atoms with Crippen molar-refractivity contribution in [2.75, 3.05) is 0 Å². The summed E-state index contributed by atoms with van der Waals surface area (Å²) >= 11 is 0. The van der Waals surface area contributed by atoms with Gasteiger partial charge in [0.25, 0.3) is 10.1 Å². The topological polar surface area (TPSA) is 141 Å². The minimum absolute atomic E-state index is 0.0176. The Morgan fingerprint density at radius 1 is 1.21 bits per heavy atom. The number of benzene rings is 1. The van der Waals surface area contributed by atoms with E-state index in [1.54, 1.807) is 12.1 Å². The quantitative estimate of drug-likeness (QED) is 0.545. The molecule has 2 rings (SSSR count). The molecule has 0 aromatic heterocycles. The lowest BCUT2D eigenvalue weighted by Crippen LogP contribution is -2.44. The maximum absolute atomic E-state index is 12.2. The molecule has 0 radical (unpaired) electrons. The number of rotatable bonds is 6. The van der Waals surface area contributed by atoms with Crippen LogP contribution in [0.4, 0.5) is 0 Å². The number of hydrogen-bond acceptors (Lipinski definition) is 5. The highest BCUT2D eigenvalue weighted by molar-refractivity contribution is 7.86. The highest BCUT2D eigenvalue weighted by Crippen LogP contribution is 2.30. The maximum Gasteiger partial charge on any atom is 0.326 e. The van der Waals surface area contributed by atoms with Crippen molar-refractivity contribution in [2.24, 2.45) is 5.92 Å². The molecule has 1 amide bonds. The summed E-state index contributed by atoms with van der Waals surface area (Å²) in [5.41, 5.74) is 0.628. The van der Waals surface area contributed by atoms with Gasteiger partial charge < -0.3 is 15.5 Å². The van der Waals surface area contributed by atoms with Crippen LogP contribution >= 0.6 is 0 Å². The van der Waals surface area contributed by atoms with Gasteiger partial charge in [0.1, 0.15) is 11.8 Å². The molecule has 1 aliphatic rings. The van der Waals surface area contributed by atoms with E-state index in [4.69, 9.17) is 4.55 Å². The van der Waals surface area contributed by atoms with Crippen LogP contribution in [0.25, 0.3) is 0 Å². The average Bonchev–Trinajstić information content (AvgIpc) is 2.98. The summed E-state index contributed by atoms with van der Waals surface area (Å²) in [4.78, 5) is 23.5. The Morgan fingerprint density at radius 2 is 1.83 bits per heavy atom. The summed E-state index contributed by atoms with van der Waals surface area (Å²) in [6.07, 6.45) is 0.473. The second kappa shape index (κ2) is 7.18. The van der Waals surface area contributed by atoms with Gasteiger partial charge in [-0.3, -0.25) is 9.35 Å². The molecule has 0 bridgehead atoms. The fourth-order valence-electron chi connectivity index (χ4n) is 2.81. The summed E-state index contributed by atoms with van der Waals surface area (Å²) in [6.45, 7) is 0. The van der Waals surface area contributed by atoms with Gasteiger partial charge in [-0.2, -0.15) is 8.42 Å². The van der Waals surface area contributed by atoms with E-state index < -0.39 is 39.2 Å². The van der Waals surface area contributed by atoms with Crippen LogP contribution in [0.1, 0.15) is 24.8 Å². The van der Waals surface area contributed by atoms with E-state index in [9.17, 15) is 28.2 Å². The highest BCUT2D eigenvalue weighted by Gasteiger charge is 2.37. The summed E-state index contributed by atoms with van der Waals surface area (Å²) in [5.74, 6) is -2.33. The molecule has 4 N–H and O–H groups in total. The number of nitrogens with one attached hydrogen (secondary N) is 1. The van der Waals surface area contributed by atoms with Crippen molar-refractivity contribution >= 4 is 22.0 Å². The average molecular weight is 357 g/mol. The van der Waals surface area contributed by atoms with Gasteiger partial charge in [0.2, 0.25) is 5.91 Å². The number of carbonyl (C=O) groups is 2. The lowest BCUT2D eigenvalue weighted by molar-refractivity contribution is -0.142. The maximum atomic E-state index is 12.2. The Morgan fingerprint density at radius 3 is 2.33 bits per heavy atom. The molecule has 0 saturated heterocycles. The minimum atomic E-state index is -4.19. The molecule has 24 heavy (non-hydrogen) atoms. The van der Waals surface area contributed by atoms with Crippen molar-refractivity contribution in [3.63, 3.8) is 0 Å². The summed E-state index contributed by atoms with van der Waals surface area (Å²) in [7, 11) is -4.19. The van der Waals surface area contributed by atoms with Crippen LogP contribution in [-0.2, 0) is 26.1 Å². The van der Waals surface area contributed by atoms with Crippen molar-refractivity contribution in [1.29, 1.82) is 0 Å². The molecular formula is C15H19NO7S. The molecule has 0 spiro atoms. The van der Waals surface area contributed by atoms with E-state index in [1.807, 2.05) is 0 Å². The smallest absolute Gasteiger partial charge is 0.326 e. The molecule has 9 heteroatoms. The molecule has 2 unspecified atom stereocenters. The minimum Gasteiger partial charge on any atom is -0.508 e. The van der Waals surface area contributed by atoms with Crippen LogP contribution in [-0.4, -0.2) is 46.4 Å². The number of phenolic OH excluding ortho intramolecular Hbond substituents is 1. The third-order valence-electron chi connectivity index (χ3n) is 4.17. The first-order valence-corrected chi connectivity index (χ1v) is 8.94. The van der Waals surface area contributed by atoms with Gasteiger partial charge >= 0.3 is 5.97 Å². The largest absolute Gasteiger partial charge is 0.508 e. The van der Waals surface area contributed by atoms with Gasteiger partial charge in [0.15, 0.2) is 0 Å². The molecule has 1 fully saturated rings. The second-order valence-corrected chi connectivity index (χ2v) is 7.61. The zero-order valence-electron chi connectivity index (χ0n) is 12.8. The number of carboxylic acids is 1. The van der Waals surface area contributed by atoms with Crippen molar-refractivity contribution in [1.82, 2.24) is 5.32 Å². The number of carbonyl (C=O) groups excluding carboxylic acids is 1. The molecule has 132 valence electrons. The van der Waals surface area contributed by atoms with Crippen molar-refractivity contribution in [2.45, 2.75) is 37.0 Å². The first kappa shape index (κ1) is 18.2. The lowest BCUT2D eigenvalue weighted by atomic mass is 10.0. The molecule has 1 aliphatic carbocycles. The van der Waals surface area contributed by atoms with Crippen LogP contribution in [0.2, 0.25) is 0 Å². The Balaban J connectivity index is 1.99. The van der Waals surface area contributed by atoms with Crippen LogP contribution in [0.3, 0.4) is 0 Å². The van der Waals surface area contributed by atoms with E-state index >= 15 is 0 Å². The van der Waals surface area contributed by atoms with Crippen molar-refractivity contribution in [3.05, 3.63) is 29.8 Å². The number of amides is 1. The summed E-state index contributed by atoms with van der Waals surface area (Å²) < 4.78 is 31.3. The van der Waals surface area contributed by atoms with Crippen LogP contribution in [0.5, 0.6) is 5.75 Å². The Hall–Kier alpha value is -2.13. The highest BCUT2D eigenvalue weighted by atomic mass is 32.2. The predicted molar refractivity (Wildman–Crippen MR) is 84.1 cm³/mol. The number of aromatic hydroxyl groups is 1. The molecule has 1 aromatic carbocycles. The first-order valence-electron chi connectivity index (χ1n) is 7.44. The SMILES string of the molecule is O=C(N[C@@H](Cc1ccc(O)cc1)C(=O)O)C1CCC(S(=O)(=O)O)C1. The molecular weight excluding hydrogens is 338 g/mol. The first-order chi connectivity index (χ1) is 11.2. The van der Waals surface area contributed by atoms with Gasteiger partial charge in [-0.05, 0) is 37.0 Å². The number of phenols is 1. The normalized spacial score (nSPS) is 22.0. The van der Waals surface area contributed by atoms with Gasteiger partial charge in [-0.15, -0.1) is 0 Å². The fourth-order valence-corrected chi connectivity index (χ4v) is 3.72. The van der Waals surface area contributed by atoms with E-state index in [0.717, 1.165) is 0 Å². The van der Waals surface area contributed by atoms with Crippen molar-refractivity contribution < 1.29 is 32.8 Å². The standard InChI is InChI=1S/C15H19NO7S/c17-11-4-1-9(2-5-11)7-13(15(19)20)16-14(18)10-3-6-12(8-10)24(21,22)23/h1-2,4-5,10,12-13,17H,3,6-8H2,(H,16,18)(H,19,20)(H,21,22,23)/t10?,12?,13-/m0/s1. The van der Waals surface area contributed by atoms with Gasteiger partial charge in [-0.25, -0.2) is 4.79 Å². The Bertz CT molecular complexity index is 714. The molecule has 8 nitrogen and oxygen atoms in total. The molecule has 1 saturated carbocycles. The van der Waals surface area contributed by atoms with Crippen LogP contribution in [0.15, 0.2) is 24.3 Å². The van der Waals surface area contributed by atoms with E-state index in [-0.39, 0.29) is 31.4 Å². The van der Waals surface area contributed by atoms with Crippen LogP contribution in [0, 0.1) is 5.92 Å². The number of hydrogen-bond donors (Lipinski definition) is 4. The third-order valence-corrected chi connectivity index (χ3v) is 5.44. The van der Waals surface area contributed by atoms with Gasteiger partial charge in [0, 0.05) is 12.3 Å². The zero-order chi connectivity index (χ0) is 17.9. The van der Waals surface area contributed by atoms with Crippen molar-refractivity contribution in [3.8, 4) is 5.75 Å². The zero-order valence-corrected chi connectivity index (χ0v) is 13.6. The number of carboxylic acid groups (broad SMARTS) is 1. The van der Waals surface area contributed by atoms with Gasteiger partial charge in [-0.1, -0.05) is 12.1 Å². The predicted octanol–water partition coefficient (Wildman–Crippen LogP) is 0.561. The van der Waals surface area contributed by atoms with Crippen LogP contribution < -0.4 is 5.32 Å². The lowest BCUT2D eigenvalue weighted by Gasteiger charge is -2.17. The Labute approximate surface area is 139 Å². The van der Waals surface area contributed by atoms with E-state index in [2.05, 4.69) is 5.32 Å². The molecule has 0 heterocycles. The Kier molecular flexibility index (Phi) is 5.45.